The molecule has 2 unspecified atom stereocenters. The number of amides is 2. The third-order valence-corrected chi connectivity index (χ3v) is 6.06. The highest BCUT2D eigenvalue weighted by molar-refractivity contribution is 6.30. The number of benzene rings is 3. The maximum Gasteiger partial charge on any atom is 0.333 e. The molecule has 0 bridgehead atoms. The number of rotatable bonds is 5. The van der Waals surface area contributed by atoms with Crippen LogP contribution in [0.2, 0.25) is 10.0 Å². The molecule has 4 rings (SSSR count). The van der Waals surface area contributed by atoms with Crippen LogP contribution in [0, 0.1) is 0 Å². The van der Waals surface area contributed by atoms with Gasteiger partial charge in [-0.3, -0.25) is 9.59 Å². The summed E-state index contributed by atoms with van der Waals surface area (Å²) in [6.45, 7) is 0. The number of hydrogen-bond donors (Lipinski definition) is 1. The molecule has 2 amide bonds. The van der Waals surface area contributed by atoms with Gasteiger partial charge in [0.1, 0.15) is 11.8 Å². The molecule has 3 aromatic rings. The van der Waals surface area contributed by atoms with E-state index in [0.717, 1.165) is 0 Å². The number of nitrogens with one attached hydrogen (secondary N) is 1. The maximum absolute atomic E-state index is 14.0. The van der Waals surface area contributed by atoms with Gasteiger partial charge in [0, 0.05) is 10.0 Å². The van der Waals surface area contributed by atoms with Gasteiger partial charge in [-0.1, -0.05) is 53.5 Å². The molecule has 1 N–H and O–H groups in total. The molecule has 0 spiro atoms. The molecule has 0 radical (unpaired) electrons. The van der Waals surface area contributed by atoms with Crippen LogP contribution in [0.3, 0.4) is 0 Å². The van der Waals surface area contributed by atoms with E-state index in [9.17, 15) is 14.4 Å². The van der Waals surface area contributed by atoms with Crippen molar-refractivity contribution in [2.45, 2.75) is 12.1 Å². The van der Waals surface area contributed by atoms with Gasteiger partial charge in [-0.05, 0) is 47.5 Å². The van der Waals surface area contributed by atoms with Crippen LogP contribution in [0.4, 0.5) is 5.69 Å². The van der Waals surface area contributed by atoms with E-state index in [1.807, 2.05) is 0 Å². The predicted octanol–water partition coefficient (Wildman–Crippen LogP) is 5.05. The monoisotopic (exact) mass is 498 g/mol. The van der Waals surface area contributed by atoms with Crippen molar-refractivity contribution in [3.63, 3.8) is 0 Å². The largest absolute Gasteiger partial charge is 0.495 e. The fourth-order valence-corrected chi connectivity index (χ4v) is 4.22. The lowest BCUT2D eigenvalue weighted by Crippen LogP contribution is -2.44. The highest BCUT2D eigenvalue weighted by Crippen LogP contribution is 2.41. The summed E-state index contributed by atoms with van der Waals surface area (Å²) in [7, 11) is 2.67. The summed E-state index contributed by atoms with van der Waals surface area (Å²) in [6, 6.07) is 15.3. The minimum absolute atomic E-state index is 0.173. The van der Waals surface area contributed by atoms with Crippen LogP contribution in [-0.4, -0.2) is 36.9 Å². The minimum Gasteiger partial charge on any atom is -0.495 e. The highest BCUT2D eigenvalue weighted by Gasteiger charge is 2.44. The number of esters is 1. The van der Waals surface area contributed by atoms with Gasteiger partial charge in [0.25, 0.3) is 11.8 Å². The number of anilines is 1. The molecule has 3 aromatic carbocycles. The Kier molecular flexibility index (Phi) is 6.77. The van der Waals surface area contributed by atoms with Crippen LogP contribution in [0.15, 0.2) is 66.7 Å². The lowest BCUT2D eigenvalue weighted by Gasteiger charge is -2.35. The first-order valence-corrected chi connectivity index (χ1v) is 11.0. The number of ether oxygens (including phenoxy) is 2. The second kappa shape index (κ2) is 9.75. The highest BCUT2D eigenvalue weighted by atomic mass is 35.5. The van der Waals surface area contributed by atoms with Gasteiger partial charge in [0.15, 0.2) is 6.04 Å². The number of methoxy groups -OCH3 is 2. The van der Waals surface area contributed by atoms with Gasteiger partial charge in [-0.2, -0.15) is 0 Å². The molecule has 2 atom stereocenters. The standard InChI is InChI=1S/C25H20Cl2N2O5/c1-33-19-5-3-4-18-20(19)28-23(30)21(14-6-10-16(26)11-7-14)29(24(18)31)22(25(32)34-2)15-8-12-17(27)13-9-15/h3-13,21-22H,1-2H3,(H,28,30). The Morgan fingerprint density at radius 1 is 0.941 bits per heavy atom. The first kappa shape index (κ1) is 23.6. The van der Waals surface area contributed by atoms with Gasteiger partial charge in [-0.15, -0.1) is 0 Å². The molecule has 0 saturated heterocycles. The first-order valence-electron chi connectivity index (χ1n) is 10.2. The molecule has 1 aliphatic heterocycles. The van der Waals surface area contributed by atoms with Crippen molar-refractivity contribution >= 4 is 46.7 Å². The van der Waals surface area contributed by atoms with E-state index in [2.05, 4.69) is 5.32 Å². The number of fused-ring (bicyclic) bond motifs is 1. The van der Waals surface area contributed by atoms with Crippen molar-refractivity contribution in [1.29, 1.82) is 0 Å². The molecular weight excluding hydrogens is 479 g/mol. The van der Waals surface area contributed by atoms with Crippen LogP contribution in [0.1, 0.15) is 33.6 Å². The normalized spacial score (nSPS) is 16.2. The summed E-state index contributed by atoms with van der Waals surface area (Å²) in [5, 5.41) is 3.72. The molecular formula is C25H20Cl2N2O5. The molecule has 0 saturated carbocycles. The van der Waals surface area contributed by atoms with Crippen molar-refractivity contribution in [1.82, 2.24) is 4.90 Å². The van der Waals surface area contributed by atoms with Crippen molar-refractivity contribution < 1.29 is 23.9 Å². The van der Waals surface area contributed by atoms with Crippen molar-refractivity contribution in [2.24, 2.45) is 0 Å². The van der Waals surface area contributed by atoms with E-state index in [0.29, 0.717) is 26.9 Å². The minimum atomic E-state index is -1.24. The summed E-state index contributed by atoms with van der Waals surface area (Å²) < 4.78 is 10.4. The fraction of sp³-hybridized carbons (Fsp3) is 0.160. The van der Waals surface area contributed by atoms with Gasteiger partial charge in [0.05, 0.1) is 25.5 Å². The van der Waals surface area contributed by atoms with E-state index in [-0.39, 0.29) is 11.3 Å². The first-order chi connectivity index (χ1) is 16.3. The van der Waals surface area contributed by atoms with Crippen LogP contribution in [0.25, 0.3) is 0 Å². The third kappa shape index (κ3) is 4.32. The summed E-state index contributed by atoms with van der Waals surface area (Å²) in [4.78, 5) is 42.0. The average molecular weight is 499 g/mol. The second-order valence-corrected chi connectivity index (χ2v) is 8.39. The Morgan fingerprint density at radius 3 is 2.15 bits per heavy atom. The number of carbonyl (C=O) groups is 3. The summed E-state index contributed by atoms with van der Waals surface area (Å²) in [6.07, 6.45) is 0. The summed E-state index contributed by atoms with van der Waals surface area (Å²) in [5.74, 6) is -1.48. The molecule has 0 aromatic heterocycles. The SMILES string of the molecule is COC(=O)C(c1ccc(Cl)cc1)N1C(=O)c2cccc(OC)c2NC(=O)C1c1ccc(Cl)cc1. The fourth-order valence-electron chi connectivity index (χ4n) is 3.97. The van der Waals surface area contributed by atoms with E-state index >= 15 is 0 Å². The van der Waals surface area contributed by atoms with Crippen LogP contribution in [-0.2, 0) is 14.3 Å². The number of hydrogen-bond acceptors (Lipinski definition) is 5. The Bertz CT molecular complexity index is 1250. The van der Waals surface area contributed by atoms with E-state index in [1.165, 1.54) is 19.1 Å². The topological polar surface area (TPSA) is 84.9 Å². The lowest BCUT2D eigenvalue weighted by atomic mass is 9.97. The zero-order valence-electron chi connectivity index (χ0n) is 18.2. The predicted molar refractivity (Wildman–Crippen MR) is 128 cm³/mol. The number of nitrogens with zero attached hydrogens (tertiary/aromatic N) is 1. The molecule has 0 fully saturated rings. The Balaban J connectivity index is 1.98. The van der Waals surface area contributed by atoms with E-state index in [1.54, 1.807) is 66.7 Å². The van der Waals surface area contributed by atoms with Crippen molar-refractivity contribution in [3.05, 3.63) is 93.5 Å². The Labute approximate surface area is 206 Å². The number of halogens is 2. The van der Waals surface area contributed by atoms with Crippen LogP contribution >= 0.6 is 23.2 Å². The Morgan fingerprint density at radius 2 is 1.56 bits per heavy atom. The van der Waals surface area contributed by atoms with Gasteiger partial charge < -0.3 is 19.7 Å². The zero-order valence-corrected chi connectivity index (χ0v) is 19.8. The Hall–Kier alpha value is -3.55. The van der Waals surface area contributed by atoms with Crippen LogP contribution < -0.4 is 10.1 Å². The third-order valence-electron chi connectivity index (χ3n) is 5.56. The molecule has 0 aliphatic carbocycles. The van der Waals surface area contributed by atoms with E-state index in [4.69, 9.17) is 32.7 Å². The average Bonchev–Trinajstić information content (AvgIpc) is 2.95. The zero-order chi connectivity index (χ0) is 24.4. The number of carbonyl (C=O) groups excluding carboxylic acids is 3. The molecule has 9 heteroatoms. The van der Waals surface area contributed by atoms with Crippen molar-refractivity contribution in [2.75, 3.05) is 19.5 Å². The number of para-hydroxylation sites is 1. The quantitative estimate of drug-likeness (QED) is 0.497. The molecule has 1 heterocycles. The summed E-state index contributed by atoms with van der Waals surface area (Å²) >= 11 is 12.1. The van der Waals surface area contributed by atoms with Crippen LogP contribution in [0.5, 0.6) is 5.75 Å². The van der Waals surface area contributed by atoms with Gasteiger partial charge >= 0.3 is 5.97 Å². The smallest absolute Gasteiger partial charge is 0.333 e. The maximum atomic E-state index is 14.0. The second-order valence-electron chi connectivity index (χ2n) is 7.52. The molecule has 7 nitrogen and oxygen atoms in total. The molecule has 1 aliphatic rings. The van der Waals surface area contributed by atoms with E-state index < -0.39 is 29.9 Å². The lowest BCUT2D eigenvalue weighted by molar-refractivity contribution is -0.147. The summed E-state index contributed by atoms with van der Waals surface area (Å²) in [5.41, 5.74) is 1.29. The van der Waals surface area contributed by atoms with Gasteiger partial charge in [0.2, 0.25) is 0 Å². The molecule has 174 valence electrons. The molecule has 34 heavy (non-hydrogen) atoms. The van der Waals surface area contributed by atoms with Gasteiger partial charge in [-0.25, -0.2) is 4.79 Å². The van der Waals surface area contributed by atoms with Crippen molar-refractivity contribution in [3.8, 4) is 5.75 Å².